The van der Waals surface area contributed by atoms with E-state index in [1.807, 2.05) is 0 Å². The molecule has 168 valence electrons. The van der Waals surface area contributed by atoms with Crippen LogP contribution in [0.4, 0.5) is 4.39 Å². The molecule has 0 spiro atoms. The van der Waals surface area contributed by atoms with Gasteiger partial charge in [-0.25, -0.2) is 12.8 Å². The van der Waals surface area contributed by atoms with Crippen LogP contribution in [0.15, 0.2) is 18.2 Å². The average Bonchev–Trinajstić information content (AvgIpc) is 3.25. The quantitative estimate of drug-likeness (QED) is 0.613. The SMILES string of the molecule is O=C(CCCS(=O)(=O)C1CCCC1)NC[C@H]1CN(Cc2ccc(F)c(Cl)c2)CCO1. The smallest absolute Gasteiger partial charge is 0.220 e. The minimum Gasteiger partial charge on any atom is -0.374 e. The Labute approximate surface area is 183 Å². The molecule has 0 radical (unpaired) electrons. The molecule has 3 rings (SSSR count). The van der Waals surface area contributed by atoms with Crippen molar-refractivity contribution in [2.45, 2.75) is 56.4 Å². The molecule has 1 saturated heterocycles. The number of carbonyl (C=O) groups is 1. The number of morpholine rings is 1. The minimum absolute atomic E-state index is 0.0824. The molecule has 2 fully saturated rings. The number of hydrogen-bond donors (Lipinski definition) is 1. The van der Waals surface area contributed by atoms with Gasteiger partial charge in [-0.05, 0) is 37.0 Å². The molecule has 0 bridgehead atoms. The summed E-state index contributed by atoms with van der Waals surface area (Å²) in [5, 5.41) is 2.75. The van der Waals surface area contributed by atoms with Gasteiger partial charge in [-0.15, -0.1) is 0 Å². The normalized spacial score (nSPS) is 21.1. The summed E-state index contributed by atoms with van der Waals surface area (Å²) < 4.78 is 43.6. The van der Waals surface area contributed by atoms with Crippen LogP contribution in [0.5, 0.6) is 0 Å². The third-order valence-corrected chi connectivity index (χ3v) is 8.42. The third-order valence-electron chi connectivity index (χ3n) is 5.78. The number of ether oxygens (including phenoxy) is 1. The maximum atomic E-state index is 13.3. The molecular formula is C21H30ClFN2O4S. The monoisotopic (exact) mass is 460 g/mol. The number of sulfone groups is 1. The zero-order chi connectivity index (χ0) is 21.6. The number of rotatable bonds is 9. The number of nitrogens with zero attached hydrogens (tertiary/aromatic N) is 1. The van der Waals surface area contributed by atoms with Crippen LogP contribution in [0.3, 0.4) is 0 Å². The molecule has 0 aromatic heterocycles. The standard InChI is InChI=1S/C21H30ClFN2O4S/c22-19-12-16(7-8-20(19)23)14-25-9-10-29-17(15-25)13-24-21(26)6-3-11-30(27,28)18-4-1-2-5-18/h7-8,12,17-18H,1-6,9-11,13-15H2,(H,24,26)/t17-/m0/s1. The van der Waals surface area contributed by atoms with E-state index in [2.05, 4.69) is 10.2 Å². The molecule has 1 saturated carbocycles. The van der Waals surface area contributed by atoms with Crippen LogP contribution in [0, 0.1) is 5.82 Å². The minimum atomic E-state index is -3.08. The summed E-state index contributed by atoms with van der Waals surface area (Å²) in [7, 11) is -3.08. The lowest BCUT2D eigenvalue weighted by atomic mass is 10.2. The van der Waals surface area contributed by atoms with Crippen molar-refractivity contribution >= 4 is 27.3 Å². The predicted octanol–water partition coefficient (Wildman–Crippen LogP) is 2.93. The van der Waals surface area contributed by atoms with E-state index in [4.69, 9.17) is 16.3 Å². The second-order valence-electron chi connectivity index (χ2n) is 8.16. The highest BCUT2D eigenvalue weighted by Gasteiger charge is 2.28. The van der Waals surface area contributed by atoms with Crippen LogP contribution >= 0.6 is 11.6 Å². The van der Waals surface area contributed by atoms with Crippen molar-refractivity contribution in [3.05, 3.63) is 34.6 Å². The van der Waals surface area contributed by atoms with Gasteiger partial charge in [0, 0.05) is 32.6 Å². The van der Waals surface area contributed by atoms with Gasteiger partial charge in [0.15, 0.2) is 9.84 Å². The van der Waals surface area contributed by atoms with Gasteiger partial charge in [0.05, 0.1) is 28.7 Å². The lowest BCUT2D eigenvalue weighted by Gasteiger charge is -2.33. The molecule has 1 aliphatic carbocycles. The van der Waals surface area contributed by atoms with Gasteiger partial charge in [-0.1, -0.05) is 30.5 Å². The lowest BCUT2D eigenvalue weighted by Crippen LogP contribution is -2.47. The summed E-state index contributed by atoms with van der Waals surface area (Å²) in [5.74, 6) is -0.499. The Morgan fingerprint density at radius 3 is 2.80 bits per heavy atom. The van der Waals surface area contributed by atoms with E-state index in [1.165, 1.54) is 6.07 Å². The largest absolute Gasteiger partial charge is 0.374 e. The Bertz CT molecular complexity index is 830. The van der Waals surface area contributed by atoms with E-state index >= 15 is 0 Å². The van der Waals surface area contributed by atoms with Crippen molar-refractivity contribution in [1.82, 2.24) is 10.2 Å². The summed E-state index contributed by atoms with van der Waals surface area (Å²) in [4.78, 5) is 14.3. The maximum Gasteiger partial charge on any atom is 0.220 e. The van der Waals surface area contributed by atoms with Crippen LogP contribution in [-0.2, 0) is 25.9 Å². The van der Waals surface area contributed by atoms with Crippen molar-refractivity contribution in [2.75, 3.05) is 32.0 Å². The van der Waals surface area contributed by atoms with E-state index < -0.39 is 15.7 Å². The molecule has 1 aromatic rings. The van der Waals surface area contributed by atoms with E-state index in [9.17, 15) is 17.6 Å². The summed E-state index contributed by atoms with van der Waals surface area (Å²) in [5.41, 5.74) is 0.926. The molecule has 0 unspecified atom stereocenters. The molecule has 1 atom stereocenters. The highest BCUT2D eigenvalue weighted by molar-refractivity contribution is 7.92. The first-order valence-corrected chi connectivity index (χ1v) is 12.7. The van der Waals surface area contributed by atoms with Crippen molar-refractivity contribution in [3.63, 3.8) is 0 Å². The summed E-state index contributed by atoms with van der Waals surface area (Å²) >= 11 is 5.85. The average molecular weight is 461 g/mol. The second kappa shape index (κ2) is 10.9. The van der Waals surface area contributed by atoms with Gasteiger partial charge in [-0.2, -0.15) is 0 Å². The number of nitrogens with one attached hydrogen (secondary N) is 1. The first-order chi connectivity index (χ1) is 14.3. The van der Waals surface area contributed by atoms with E-state index in [-0.39, 0.29) is 34.5 Å². The number of hydrogen-bond acceptors (Lipinski definition) is 5. The number of carbonyl (C=O) groups excluding carboxylic acids is 1. The van der Waals surface area contributed by atoms with Gasteiger partial charge in [0.1, 0.15) is 5.82 Å². The molecule has 30 heavy (non-hydrogen) atoms. The van der Waals surface area contributed by atoms with Crippen LogP contribution in [-0.4, -0.2) is 62.6 Å². The van der Waals surface area contributed by atoms with Gasteiger partial charge in [0.25, 0.3) is 0 Å². The van der Waals surface area contributed by atoms with Crippen LogP contribution in [0.1, 0.15) is 44.1 Å². The van der Waals surface area contributed by atoms with Crippen LogP contribution in [0.25, 0.3) is 0 Å². The number of amides is 1. The third kappa shape index (κ3) is 6.90. The van der Waals surface area contributed by atoms with Crippen molar-refractivity contribution in [2.24, 2.45) is 0 Å². The molecule has 1 N–H and O–H groups in total. The first-order valence-electron chi connectivity index (χ1n) is 10.6. The topological polar surface area (TPSA) is 75.7 Å². The number of halogens is 2. The first kappa shape index (κ1) is 23.4. The molecule has 9 heteroatoms. The van der Waals surface area contributed by atoms with E-state index in [0.717, 1.165) is 37.8 Å². The maximum absolute atomic E-state index is 13.3. The molecule has 1 aromatic carbocycles. The van der Waals surface area contributed by atoms with Gasteiger partial charge >= 0.3 is 0 Å². The highest BCUT2D eigenvalue weighted by atomic mass is 35.5. The lowest BCUT2D eigenvalue weighted by molar-refractivity contribution is -0.122. The van der Waals surface area contributed by atoms with E-state index in [0.29, 0.717) is 32.7 Å². The zero-order valence-electron chi connectivity index (χ0n) is 17.1. The fraction of sp³-hybridized carbons (Fsp3) is 0.667. The Hall–Kier alpha value is -1.22. The zero-order valence-corrected chi connectivity index (χ0v) is 18.7. The Morgan fingerprint density at radius 2 is 2.07 bits per heavy atom. The van der Waals surface area contributed by atoms with Crippen molar-refractivity contribution in [3.8, 4) is 0 Å². The van der Waals surface area contributed by atoms with Gasteiger partial charge < -0.3 is 10.1 Å². The van der Waals surface area contributed by atoms with E-state index in [1.54, 1.807) is 12.1 Å². The molecule has 1 heterocycles. The Kier molecular flexibility index (Phi) is 8.51. The van der Waals surface area contributed by atoms with Gasteiger partial charge in [-0.3, -0.25) is 9.69 Å². The predicted molar refractivity (Wildman–Crippen MR) is 115 cm³/mol. The fourth-order valence-corrected chi connectivity index (χ4v) is 6.24. The van der Waals surface area contributed by atoms with Crippen molar-refractivity contribution in [1.29, 1.82) is 0 Å². The second-order valence-corrected chi connectivity index (χ2v) is 11.0. The summed E-state index contributed by atoms with van der Waals surface area (Å²) in [6.07, 6.45) is 3.90. The van der Waals surface area contributed by atoms with Crippen LogP contribution in [0.2, 0.25) is 5.02 Å². The van der Waals surface area contributed by atoms with Gasteiger partial charge in [0.2, 0.25) is 5.91 Å². The summed E-state index contributed by atoms with van der Waals surface area (Å²) in [6.45, 7) is 2.96. The molecule has 6 nitrogen and oxygen atoms in total. The Balaban J connectivity index is 1.36. The Morgan fingerprint density at radius 1 is 1.30 bits per heavy atom. The fourth-order valence-electron chi connectivity index (χ4n) is 4.11. The number of benzene rings is 1. The van der Waals surface area contributed by atoms with Crippen molar-refractivity contribution < 1.29 is 22.3 Å². The highest BCUT2D eigenvalue weighted by Crippen LogP contribution is 2.25. The molecular weight excluding hydrogens is 431 g/mol. The van der Waals surface area contributed by atoms with Crippen LogP contribution < -0.4 is 5.32 Å². The molecule has 1 aliphatic heterocycles. The molecule has 2 aliphatic rings. The molecule has 1 amide bonds. The summed E-state index contributed by atoms with van der Waals surface area (Å²) in [6, 6.07) is 4.71.